The van der Waals surface area contributed by atoms with Crippen LogP contribution in [0.1, 0.15) is 35.3 Å². The normalized spacial score (nSPS) is 10.7. The van der Waals surface area contributed by atoms with E-state index in [4.69, 9.17) is 9.15 Å². The fourth-order valence-electron chi connectivity index (χ4n) is 2.87. The van der Waals surface area contributed by atoms with E-state index in [-0.39, 0.29) is 11.7 Å². The molecule has 0 saturated carbocycles. The number of hydrogen-bond donors (Lipinski definition) is 2. The number of anilines is 1. The van der Waals surface area contributed by atoms with Gasteiger partial charge >= 0.3 is 11.6 Å². The maximum atomic E-state index is 11.8. The summed E-state index contributed by atoms with van der Waals surface area (Å²) in [7, 11) is 0. The predicted molar refractivity (Wildman–Crippen MR) is 103 cm³/mol. The van der Waals surface area contributed by atoms with E-state index in [1.54, 1.807) is 31.2 Å². The Morgan fingerprint density at radius 2 is 1.85 bits per heavy atom. The van der Waals surface area contributed by atoms with Crippen LogP contribution in [0.2, 0.25) is 0 Å². The quantitative estimate of drug-likeness (QED) is 0.508. The van der Waals surface area contributed by atoms with E-state index in [2.05, 4.69) is 5.32 Å². The third-order valence-corrected chi connectivity index (χ3v) is 4.29. The molecule has 0 atom stereocenters. The fourth-order valence-corrected chi connectivity index (χ4v) is 2.87. The minimum atomic E-state index is -0.472. The molecular weight excluding hydrogens is 346 g/mol. The SMILES string of the molecule is CCOC(=O)c1ccc(NCc2cc(=O)oc3cc(O)c(CC)cc23)cc1. The average molecular weight is 367 g/mol. The van der Waals surface area contributed by atoms with E-state index in [1.807, 2.05) is 13.0 Å². The van der Waals surface area contributed by atoms with Crippen molar-refractivity contribution < 1.29 is 19.1 Å². The first-order valence-corrected chi connectivity index (χ1v) is 8.81. The predicted octanol–water partition coefficient (Wildman–Crippen LogP) is 3.85. The molecule has 0 aliphatic heterocycles. The minimum Gasteiger partial charge on any atom is -0.508 e. The maximum Gasteiger partial charge on any atom is 0.338 e. The van der Waals surface area contributed by atoms with Gasteiger partial charge in [0.05, 0.1) is 12.2 Å². The lowest BCUT2D eigenvalue weighted by atomic mass is 10.0. The van der Waals surface area contributed by atoms with Gasteiger partial charge < -0.3 is 19.6 Å². The van der Waals surface area contributed by atoms with Crippen LogP contribution < -0.4 is 10.9 Å². The zero-order valence-corrected chi connectivity index (χ0v) is 15.2. The first-order chi connectivity index (χ1) is 13.0. The van der Waals surface area contributed by atoms with Crippen LogP contribution >= 0.6 is 0 Å². The lowest BCUT2D eigenvalue weighted by Gasteiger charge is -2.11. The number of fused-ring (bicyclic) bond motifs is 1. The van der Waals surface area contributed by atoms with Crippen molar-refractivity contribution in [3.05, 3.63) is 69.6 Å². The first kappa shape index (κ1) is 18.5. The Hall–Kier alpha value is -3.28. The molecule has 0 fully saturated rings. The Labute approximate surface area is 156 Å². The van der Waals surface area contributed by atoms with Gasteiger partial charge in [-0.15, -0.1) is 0 Å². The van der Waals surface area contributed by atoms with Crippen LogP contribution in [0.15, 0.2) is 51.7 Å². The molecule has 0 spiro atoms. The van der Waals surface area contributed by atoms with Crippen LogP contribution in [0.25, 0.3) is 11.0 Å². The second kappa shape index (κ2) is 7.95. The van der Waals surface area contributed by atoms with Gasteiger partial charge in [-0.25, -0.2) is 9.59 Å². The smallest absolute Gasteiger partial charge is 0.338 e. The standard InChI is InChI=1S/C21H21NO5/c1-3-13-9-17-15(10-20(24)27-19(17)11-18(13)23)12-22-16-7-5-14(6-8-16)21(25)26-4-2/h5-11,22-23H,3-4,12H2,1-2H3. The van der Waals surface area contributed by atoms with Crippen LogP contribution in [0.3, 0.4) is 0 Å². The van der Waals surface area contributed by atoms with Gasteiger partial charge in [-0.2, -0.15) is 0 Å². The molecule has 1 heterocycles. The van der Waals surface area contributed by atoms with Gasteiger partial charge in [0.1, 0.15) is 11.3 Å². The van der Waals surface area contributed by atoms with Gasteiger partial charge in [0, 0.05) is 29.8 Å². The summed E-state index contributed by atoms with van der Waals surface area (Å²) in [5.74, 6) is -0.240. The molecule has 27 heavy (non-hydrogen) atoms. The summed E-state index contributed by atoms with van der Waals surface area (Å²) >= 11 is 0. The molecular formula is C21H21NO5. The largest absolute Gasteiger partial charge is 0.508 e. The topological polar surface area (TPSA) is 88.8 Å². The van der Waals surface area contributed by atoms with Crippen molar-refractivity contribution >= 4 is 22.6 Å². The zero-order chi connectivity index (χ0) is 19.4. The number of ether oxygens (including phenoxy) is 1. The Kier molecular flexibility index (Phi) is 5.45. The molecule has 3 aromatic rings. The van der Waals surface area contributed by atoms with Gasteiger partial charge in [0.15, 0.2) is 0 Å². The Bertz CT molecular complexity index is 1020. The van der Waals surface area contributed by atoms with Crippen LogP contribution in [-0.2, 0) is 17.7 Å². The molecule has 0 aliphatic carbocycles. The number of carbonyl (C=O) groups excluding carboxylic acids is 1. The molecule has 3 rings (SSSR count). The van der Waals surface area contributed by atoms with E-state index >= 15 is 0 Å². The second-order valence-electron chi connectivity index (χ2n) is 6.07. The van der Waals surface area contributed by atoms with E-state index in [1.165, 1.54) is 12.1 Å². The summed E-state index contributed by atoms with van der Waals surface area (Å²) in [6.07, 6.45) is 0.670. The minimum absolute atomic E-state index is 0.118. The summed E-state index contributed by atoms with van der Waals surface area (Å²) in [6.45, 7) is 4.44. The average Bonchev–Trinajstić information content (AvgIpc) is 2.66. The fraction of sp³-hybridized carbons (Fsp3) is 0.238. The number of phenols is 1. The van der Waals surface area contributed by atoms with Crippen molar-refractivity contribution in [2.24, 2.45) is 0 Å². The molecule has 6 heteroatoms. The number of carbonyl (C=O) groups is 1. The third-order valence-electron chi connectivity index (χ3n) is 4.29. The highest BCUT2D eigenvalue weighted by molar-refractivity contribution is 5.89. The van der Waals surface area contributed by atoms with Crippen molar-refractivity contribution in [3.63, 3.8) is 0 Å². The molecule has 2 N–H and O–H groups in total. The highest BCUT2D eigenvalue weighted by Crippen LogP contribution is 2.27. The van der Waals surface area contributed by atoms with E-state index in [0.29, 0.717) is 30.7 Å². The summed E-state index contributed by atoms with van der Waals surface area (Å²) in [5.41, 5.74) is 2.73. The number of aryl methyl sites for hydroxylation is 1. The molecule has 1 aromatic heterocycles. The molecule has 6 nitrogen and oxygen atoms in total. The van der Waals surface area contributed by atoms with Crippen molar-refractivity contribution in [3.8, 4) is 5.75 Å². The van der Waals surface area contributed by atoms with Crippen molar-refractivity contribution in [1.82, 2.24) is 0 Å². The molecule has 0 aliphatic rings. The van der Waals surface area contributed by atoms with Crippen molar-refractivity contribution in [2.75, 3.05) is 11.9 Å². The number of aromatic hydroxyl groups is 1. The number of esters is 1. The number of phenolic OH excluding ortho intramolecular Hbond substituents is 1. The zero-order valence-electron chi connectivity index (χ0n) is 15.2. The lowest BCUT2D eigenvalue weighted by Crippen LogP contribution is -2.07. The maximum absolute atomic E-state index is 11.8. The van der Waals surface area contributed by atoms with Gasteiger partial charge in [0.2, 0.25) is 0 Å². The van der Waals surface area contributed by atoms with Gasteiger partial charge in [-0.3, -0.25) is 0 Å². The number of benzene rings is 2. The summed E-state index contributed by atoms with van der Waals surface area (Å²) in [6, 6.07) is 11.7. The number of rotatable bonds is 6. The van der Waals surface area contributed by atoms with E-state index in [9.17, 15) is 14.7 Å². The molecule has 0 amide bonds. The highest BCUT2D eigenvalue weighted by Gasteiger charge is 2.10. The second-order valence-corrected chi connectivity index (χ2v) is 6.07. The van der Waals surface area contributed by atoms with Crippen LogP contribution in [0.5, 0.6) is 5.75 Å². The number of hydrogen-bond acceptors (Lipinski definition) is 6. The molecule has 140 valence electrons. The van der Waals surface area contributed by atoms with E-state index in [0.717, 1.165) is 22.2 Å². The lowest BCUT2D eigenvalue weighted by molar-refractivity contribution is 0.0526. The molecule has 2 aromatic carbocycles. The summed E-state index contributed by atoms with van der Waals surface area (Å²) in [5, 5.41) is 14.0. The Morgan fingerprint density at radius 3 is 2.52 bits per heavy atom. The van der Waals surface area contributed by atoms with Crippen molar-refractivity contribution in [1.29, 1.82) is 0 Å². The first-order valence-electron chi connectivity index (χ1n) is 8.81. The van der Waals surface area contributed by atoms with Crippen LogP contribution in [0.4, 0.5) is 5.69 Å². The van der Waals surface area contributed by atoms with Gasteiger partial charge in [0.25, 0.3) is 0 Å². The number of nitrogens with one attached hydrogen (secondary N) is 1. The van der Waals surface area contributed by atoms with Gasteiger partial charge in [-0.05, 0) is 54.8 Å². The van der Waals surface area contributed by atoms with Crippen LogP contribution in [-0.4, -0.2) is 17.7 Å². The Balaban J connectivity index is 1.84. The molecule has 0 bridgehead atoms. The van der Waals surface area contributed by atoms with E-state index < -0.39 is 5.63 Å². The van der Waals surface area contributed by atoms with Gasteiger partial charge in [-0.1, -0.05) is 6.92 Å². The third kappa shape index (κ3) is 4.11. The summed E-state index contributed by atoms with van der Waals surface area (Å²) in [4.78, 5) is 23.5. The molecule has 0 radical (unpaired) electrons. The summed E-state index contributed by atoms with van der Waals surface area (Å²) < 4.78 is 10.2. The molecule has 0 unspecified atom stereocenters. The Morgan fingerprint density at radius 1 is 1.11 bits per heavy atom. The molecule has 0 saturated heterocycles. The van der Waals surface area contributed by atoms with Crippen molar-refractivity contribution in [2.45, 2.75) is 26.8 Å². The highest BCUT2D eigenvalue weighted by atomic mass is 16.5. The monoisotopic (exact) mass is 367 g/mol. The van der Waals surface area contributed by atoms with Crippen LogP contribution in [0, 0.1) is 0 Å².